The molecule has 0 spiro atoms. The molecule has 0 aromatic rings. The zero-order valence-corrected chi connectivity index (χ0v) is 7.75. The van der Waals surface area contributed by atoms with Gasteiger partial charge in [0.15, 0.2) is 0 Å². The first-order chi connectivity index (χ1) is 6.25. The number of rotatable bonds is 3. The van der Waals surface area contributed by atoms with Crippen molar-refractivity contribution >= 4 is 5.91 Å². The Morgan fingerprint density at radius 3 is 2.85 bits per heavy atom. The van der Waals surface area contributed by atoms with Gasteiger partial charge in [-0.25, -0.2) is 0 Å². The molecule has 0 aromatic carbocycles. The Labute approximate surface area is 79.1 Å². The molecule has 0 bridgehead atoms. The molecule has 1 saturated carbocycles. The summed E-state index contributed by atoms with van der Waals surface area (Å²) in [5.41, 5.74) is 5.30. The van der Waals surface area contributed by atoms with Crippen LogP contribution in [-0.4, -0.2) is 18.5 Å². The van der Waals surface area contributed by atoms with Gasteiger partial charge in [0.05, 0.1) is 12.5 Å². The second kappa shape index (κ2) is 4.88. The van der Waals surface area contributed by atoms with Crippen molar-refractivity contribution in [3.63, 3.8) is 0 Å². The molecule has 13 heavy (non-hydrogen) atoms. The summed E-state index contributed by atoms with van der Waals surface area (Å²) in [5.74, 6) is 2.29. The number of amides is 1. The van der Waals surface area contributed by atoms with Crippen molar-refractivity contribution in [2.45, 2.75) is 31.7 Å². The Bertz CT molecular complexity index is 219. The lowest BCUT2D eigenvalue weighted by Crippen LogP contribution is -2.44. The summed E-state index contributed by atoms with van der Waals surface area (Å²) in [6, 6.07) is 0.197. The van der Waals surface area contributed by atoms with E-state index in [2.05, 4.69) is 11.2 Å². The summed E-state index contributed by atoms with van der Waals surface area (Å²) in [4.78, 5) is 11.1. The Kier molecular flexibility index (Phi) is 3.78. The highest BCUT2D eigenvalue weighted by Crippen LogP contribution is 2.23. The smallest absolute Gasteiger partial charge is 0.222 e. The molecule has 72 valence electrons. The first kappa shape index (κ1) is 10.1. The van der Waals surface area contributed by atoms with Crippen LogP contribution in [0.4, 0.5) is 0 Å². The third-order valence-electron chi connectivity index (χ3n) is 2.60. The first-order valence-electron chi connectivity index (χ1n) is 4.72. The van der Waals surface area contributed by atoms with Gasteiger partial charge in [0.1, 0.15) is 0 Å². The average molecular weight is 180 g/mol. The van der Waals surface area contributed by atoms with E-state index in [0.29, 0.717) is 6.54 Å². The minimum absolute atomic E-state index is 0.0258. The molecule has 0 aliphatic heterocycles. The molecule has 3 nitrogen and oxygen atoms in total. The minimum atomic E-state index is -0.200. The lowest BCUT2D eigenvalue weighted by molar-refractivity contribution is -0.123. The predicted octanol–water partition coefficient (Wildman–Crippen LogP) is 0.253. The largest absolute Gasteiger partial charge is 0.369 e. The molecule has 1 aliphatic rings. The minimum Gasteiger partial charge on any atom is -0.369 e. The molecule has 0 radical (unpaired) electrons. The SMILES string of the molecule is C#CCNC1CCCCC1C(N)=O. The fraction of sp³-hybridized carbons (Fsp3) is 0.700. The molecule has 0 aromatic heterocycles. The van der Waals surface area contributed by atoms with Gasteiger partial charge in [0.25, 0.3) is 0 Å². The van der Waals surface area contributed by atoms with Crippen LogP contribution in [0.1, 0.15) is 25.7 Å². The van der Waals surface area contributed by atoms with E-state index < -0.39 is 0 Å². The monoisotopic (exact) mass is 180 g/mol. The van der Waals surface area contributed by atoms with E-state index in [1.165, 1.54) is 0 Å². The van der Waals surface area contributed by atoms with Gasteiger partial charge in [-0.1, -0.05) is 18.8 Å². The van der Waals surface area contributed by atoms with Gasteiger partial charge >= 0.3 is 0 Å². The highest BCUT2D eigenvalue weighted by atomic mass is 16.1. The normalized spacial score (nSPS) is 27.9. The van der Waals surface area contributed by atoms with Gasteiger partial charge in [-0.2, -0.15) is 0 Å². The van der Waals surface area contributed by atoms with Crippen LogP contribution >= 0.6 is 0 Å². The van der Waals surface area contributed by atoms with Gasteiger partial charge in [-0.3, -0.25) is 4.79 Å². The third-order valence-corrected chi connectivity index (χ3v) is 2.60. The van der Waals surface area contributed by atoms with E-state index in [4.69, 9.17) is 12.2 Å². The number of carbonyl (C=O) groups excluding carboxylic acids is 1. The van der Waals surface area contributed by atoms with Crippen molar-refractivity contribution in [1.82, 2.24) is 5.32 Å². The van der Waals surface area contributed by atoms with E-state index in [1.54, 1.807) is 0 Å². The molecule has 2 atom stereocenters. The van der Waals surface area contributed by atoms with Crippen LogP contribution in [-0.2, 0) is 4.79 Å². The molecular formula is C10H16N2O. The molecule has 3 heteroatoms. The molecule has 1 amide bonds. The maximum atomic E-state index is 11.1. The number of hydrogen-bond acceptors (Lipinski definition) is 2. The molecule has 1 aliphatic carbocycles. The summed E-state index contributed by atoms with van der Waals surface area (Å²) >= 11 is 0. The second-order valence-electron chi connectivity index (χ2n) is 3.48. The molecule has 0 heterocycles. The molecule has 0 saturated heterocycles. The quantitative estimate of drug-likeness (QED) is 0.612. The molecule has 1 rings (SSSR count). The Morgan fingerprint density at radius 2 is 2.23 bits per heavy atom. The van der Waals surface area contributed by atoms with E-state index >= 15 is 0 Å². The second-order valence-corrected chi connectivity index (χ2v) is 3.48. The van der Waals surface area contributed by atoms with Crippen LogP contribution in [0.2, 0.25) is 0 Å². The lowest BCUT2D eigenvalue weighted by atomic mass is 9.84. The van der Waals surface area contributed by atoms with Crippen molar-refractivity contribution in [3.8, 4) is 12.3 Å². The van der Waals surface area contributed by atoms with Crippen molar-refractivity contribution in [3.05, 3.63) is 0 Å². The number of nitrogens with two attached hydrogens (primary N) is 1. The summed E-state index contributed by atoms with van der Waals surface area (Å²) in [7, 11) is 0. The van der Waals surface area contributed by atoms with Crippen molar-refractivity contribution in [2.75, 3.05) is 6.54 Å². The lowest BCUT2D eigenvalue weighted by Gasteiger charge is -2.29. The van der Waals surface area contributed by atoms with Crippen LogP contribution < -0.4 is 11.1 Å². The maximum Gasteiger partial charge on any atom is 0.222 e. The third kappa shape index (κ3) is 2.74. The molecule has 3 N–H and O–H groups in total. The topological polar surface area (TPSA) is 55.1 Å². The predicted molar refractivity (Wildman–Crippen MR) is 51.8 cm³/mol. The summed E-state index contributed by atoms with van der Waals surface area (Å²) in [5, 5.41) is 3.17. The molecular weight excluding hydrogens is 164 g/mol. The van der Waals surface area contributed by atoms with Crippen LogP contribution in [0, 0.1) is 18.3 Å². The van der Waals surface area contributed by atoms with Gasteiger partial charge < -0.3 is 11.1 Å². The van der Waals surface area contributed by atoms with Gasteiger partial charge in [-0.15, -0.1) is 6.42 Å². The molecule has 1 fully saturated rings. The van der Waals surface area contributed by atoms with E-state index in [0.717, 1.165) is 25.7 Å². The van der Waals surface area contributed by atoms with E-state index in [1.807, 2.05) is 0 Å². The van der Waals surface area contributed by atoms with Crippen LogP contribution in [0.3, 0.4) is 0 Å². The standard InChI is InChI=1S/C10H16N2O/c1-2-7-12-9-6-4-3-5-8(9)10(11)13/h1,8-9,12H,3-7H2,(H2,11,13). The first-order valence-corrected chi connectivity index (χ1v) is 4.72. The average Bonchev–Trinajstić information content (AvgIpc) is 2.15. The highest BCUT2D eigenvalue weighted by molar-refractivity contribution is 5.77. The maximum absolute atomic E-state index is 11.1. The van der Waals surface area contributed by atoms with E-state index in [9.17, 15) is 4.79 Å². The Morgan fingerprint density at radius 1 is 1.54 bits per heavy atom. The number of terminal acetylenes is 1. The van der Waals surface area contributed by atoms with Crippen molar-refractivity contribution in [1.29, 1.82) is 0 Å². The number of primary amides is 1. The van der Waals surface area contributed by atoms with Crippen LogP contribution in [0.15, 0.2) is 0 Å². The molecule has 2 unspecified atom stereocenters. The van der Waals surface area contributed by atoms with Gasteiger partial charge in [0, 0.05) is 6.04 Å². The van der Waals surface area contributed by atoms with Crippen molar-refractivity contribution in [2.24, 2.45) is 11.7 Å². The fourth-order valence-electron chi connectivity index (χ4n) is 1.91. The number of hydrogen-bond donors (Lipinski definition) is 2. The summed E-state index contributed by atoms with van der Waals surface area (Å²) in [6.45, 7) is 0.522. The van der Waals surface area contributed by atoms with E-state index in [-0.39, 0.29) is 17.9 Å². The fourth-order valence-corrected chi connectivity index (χ4v) is 1.91. The van der Waals surface area contributed by atoms with Gasteiger partial charge in [0.2, 0.25) is 5.91 Å². The highest BCUT2D eigenvalue weighted by Gasteiger charge is 2.28. The van der Waals surface area contributed by atoms with Crippen LogP contribution in [0.5, 0.6) is 0 Å². The number of carbonyl (C=O) groups is 1. The summed E-state index contributed by atoms with van der Waals surface area (Å²) in [6.07, 6.45) is 9.31. The Hall–Kier alpha value is -1.01. The zero-order valence-electron chi connectivity index (χ0n) is 7.75. The van der Waals surface area contributed by atoms with Gasteiger partial charge in [-0.05, 0) is 12.8 Å². The summed E-state index contributed by atoms with van der Waals surface area (Å²) < 4.78 is 0. The van der Waals surface area contributed by atoms with Crippen molar-refractivity contribution < 1.29 is 4.79 Å². The zero-order chi connectivity index (χ0) is 9.68. The Balaban J connectivity index is 2.47. The number of nitrogens with one attached hydrogen (secondary N) is 1. The van der Waals surface area contributed by atoms with Crippen LogP contribution in [0.25, 0.3) is 0 Å².